The molecule has 2 aliphatic rings. The molecule has 0 fully saturated rings. The second-order valence-corrected chi connectivity index (χ2v) is 6.25. The third-order valence-electron chi connectivity index (χ3n) is 3.70. The Kier molecular flexibility index (Phi) is 2.96. The molecule has 0 aromatic heterocycles. The summed E-state index contributed by atoms with van der Waals surface area (Å²) < 4.78 is 0. The molecule has 1 aromatic carbocycles. The number of carbonyl (C=O) groups is 1. The molecule has 0 spiro atoms. The Morgan fingerprint density at radius 3 is 2.80 bits per heavy atom. The molecule has 0 N–H and O–H groups in total. The molecule has 20 heavy (non-hydrogen) atoms. The summed E-state index contributed by atoms with van der Waals surface area (Å²) in [5.74, 6) is 2.01. The zero-order valence-electron chi connectivity index (χ0n) is 12.2. The minimum Gasteiger partial charge on any atom is -0.312 e. The van der Waals surface area contributed by atoms with Gasteiger partial charge in [-0.05, 0) is 12.1 Å². The fourth-order valence-electron chi connectivity index (χ4n) is 2.43. The van der Waals surface area contributed by atoms with Gasteiger partial charge in [-0.25, -0.2) is 4.99 Å². The highest BCUT2D eigenvalue weighted by molar-refractivity contribution is 6.19. The molecule has 0 bridgehead atoms. The van der Waals surface area contributed by atoms with Gasteiger partial charge in [-0.1, -0.05) is 32.9 Å². The average molecular weight is 269 g/mol. The number of para-hydroxylation sites is 1. The van der Waals surface area contributed by atoms with Gasteiger partial charge in [-0.15, -0.1) is 0 Å². The van der Waals surface area contributed by atoms with E-state index in [-0.39, 0.29) is 11.2 Å². The first-order valence-corrected chi connectivity index (χ1v) is 6.99. The number of aliphatic imine (C=N–C) groups is 2. The van der Waals surface area contributed by atoms with Crippen molar-refractivity contribution in [1.82, 2.24) is 4.90 Å². The normalized spacial score (nSPS) is 17.2. The largest absolute Gasteiger partial charge is 0.312 e. The molecule has 0 aliphatic carbocycles. The van der Waals surface area contributed by atoms with Gasteiger partial charge in [0.1, 0.15) is 17.5 Å². The van der Waals surface area contributed by atoms with Crippen molar-refractivity contribution in [1.29, 1.82) is 0 Å². The van der Waals surface area contributed by atoms with Crippen molar-refractivity contribution in [2.24, 2.45) is 15.4 Å². The van der Waals surface area contributed by atoms with Gasteiger partial charge in [0, 0.05) is 17.5 Å². The van der Waals surface area contributed by atoms with Crippen LogP contribution in [0.5, 0.6) is 0 Å². The average Bonchev–Trinajstić information content (AvgIpc) is 2.87. The molecule has 1 aromatic rings. The third kappa shape index (κ3) is 2.15. The van der Waals surface area contributed by atoms with Crippen molar-refractivity contribution < 1.29 is 4.79 Å². The van der Waals surface area contributed by atoms with Crippen molar-refractivity contribution in [2.75, 3.05) is 13.1 Å². The van der Waals surface area contributed by atoms with Crippen LogP contribution in [0.1, 0.15) is 32.8 Å². The van der Waals surface area contributed by atoms with Crippen molar-refractivity contribution in [3.8, 4) is 0 Å². The number of amidine groups is 2. The number of hydrogen-bond donors (Lipinski definition) is 0. The lowest BCUT2D eigenvalue weighted by atomic mass is 9.88. The van der Waals surface area contributed by atoms with Gasteiger partial charge < -0.3 is 4.90 Å². The number of benzene rings is 1. The van der Waals surface area contributed by atoms with E-state index in [2.05, 4.69) is 14.9 Å². The summed E-state index contributed by atoms with van der Waals surface area (Å²) in [7, 11) is 0. The Bertz CT molecular complexity index is 623. The fourth-order valence-corrected chi connectivity index (χ4v) is 2.43. The van der Waals surface area contributed by atoms with E-state index in [1.807, 2.05) is 45.0 Å². The quantitative estimate of drug-likeness (QED) is 0.828. The van der Waals surface area contributed by atoms with E-state index in [0.717, 1.165) is 36.0 Å². The first-order chi connectivity index (χ1) is 9.47. The summed E-state index contributed by atoms with van der Waals surface area (Å²) in [4.78, 5) is 23.6. The summed E-state index contributed by atoms with van der Waals surface area (Å²) in [5.41, 5.74) is 1.65. The molecule has 0 saturated heterocycles. The highest BCUT2D eigenvalue weighted by Crippen LogP contribution is 2.30. The van der Waals surface area contributed by atoms with Crippen molar-refractivity contribution in [2.45, 2.75) is 27.2 Å². The molecule has 2 aliphatic heterocycles. The lowest BCUT2D eigenvalue weighted by molar-refractivity contribution is -0.125. The zero-order chi connectivity index (χ0) is 14.3. The summed E-state index contributed by atoms with van der Waals surface area (Å²) in [6, 6.07) is 7.99. The van der Waals surface area contributed by atoms with E-state index in [9.17, 15) is 4.79 Å². The minimum absolute atomic E-state index is 0.210. The maximum Gasteiger partial charge on any atom is 0.145 e. The van der Waals surface area contributed by atoms with Crippen molar-refractivity contribution in [3.05, 3.63) is 29.8 Å². The fraction of sp³-hybridized carbons (Fsp3) is 0.438. The van der Waals surface area contributed by atoms with Crippen LogP contribution < -0.4 is 0 Å². The summed E-state index contributed by atoms with van der Waals surface area (Å²) >= 11 is 0. The highest BCUT2D eigenvalue weighted by Gasteiger charge is 2.32. The van der Waals surface area contributed by atoms with Crippen LogP contribution in [-0.2, 0) is 4.79 Å². The van der Waals surface area contributed by atoms with Gasteiger partial charge >= 0.3 is 0 Å². The Hall–Kier alpha value is -1.97. The minimum atomic E-state index is -0.337. The Morgan fingerprint density at radius 1 is 1.30 bits per heavy atom. The molecule has 4 nitrogen and oxygen atoms in total. The van der Waals surface area contributed by atoms with Crippen LogP contribution >= 0.6 is 0 Å². The van der Waals surface area contributed by atoms with E-state index in [1.54, 1.807) is 0 Å². The topological polar surface area (TPSA) is 45.0 Å². The predicted octanol–water partition coefficient (Wildman–Crippen LogP) is 2.80. The van der Waals surface area contributed by atoms with Gasteiger partial charge in [-0.3, -0.25) is 9.79 Å². The zero-order valence-corrected chi connectivity index (χ0v) is 12.2. The summed E-state index contributed by atoms with van der Waals surface area (Å²) in [6.45, 7) is 7.44. The van der Waals surface area contributed by atoms with E-state index in [0.29, 0.717) is 6.42 Å². The van der Waals surface area contributed by atoms with Crippen LogP contribution in [0.15, 0.2) is 34.3 Å². The molecule has 0 unspecified atom stereocenters. The van der Waals surface area contributed by atoms with E-state index < -0.39 is 0 Å². The number of fused-ring (bicyclic) bond motifs is 3. The van der Waals surface area contributed by atoms with Crippen LogP contribution in [0.25, 0.3) is 0 Å². The van der Waals surface area contributed by atoms with E-state index in [1.165, 1.54) is 0 Å². The van der Waals surface area contributed by atoms with Gasteiger partial charge in [-0.2, -0.15) is 0 Å². The Balaban J connectivity index is 1.98. The van der Waals surface area contributed by atoms with Gasteiger partial charge in [0.15, 0.2) is 0 Å². The first kappa shape index (κ1) is 13.0. The molecule has 0 saturated carbocycles. The molecule has 2 heterocycles. The maximum atomic E-state index is 12.3. The second-order valence-electron chi connectivity index (χ2n) is 6.25. The smallest absolute Gasteiger partial charge is 0.145 e. The van der Waals surface area contributed by atoms with E-state index >= 15 is 0 Å². The second kappa shape index (κ2) is 4.54. The molecular weight excluding hydrogens is 250 g/mol. The van der Waals surface area contributed by atoms with Gasteiger partial charge in [0.05, 0.1) is 18.7 Å². The van der Waals surface area contributed by atoms with Crippen LogP contribution in [-0.4, -0.2) is 35.4 Å². The SMILES string of the molecule is CC(C)(C)C(=O)CC1=Nc2ccccc2C2=NCCN12. The maximum absolute atomic E-state index is 12.3. The monoisotopic (exact) mass is 269 g/mol. The molecule has 0 radical (unpaired) electrons. The van der Waals surface area contributed by atoms with Crippen LogP contribution in [0.2, 0.25) is 0 Å². The van der Waals surface area contributed by atoms with Crippen LogP contribution in [0.4, 0.5) is 5.69 Å². The Morgan fingerprint density at radius 2 is 2.05 bits per heavy atom. The summed E-state index contributed by atoms with van der Waals surface area (Å²) in [5, 5.41) is 0. The Labute approximate surface area is 119 Å². The number of hydrogen-bond acceptors (Lipinski definition) is 4. The molecule has 104 valence electrons. The highest BCUT2D eigenvalue weighted by atomic mass is 16.1. The number of nitrogens with zero attached hydrogens (tertiary/aromatic N) is 3. The van der Waals surface area contributed by atoms with Crippen LogP contribution in [0.3, 0.4) is 0 Å². The number of ketones is 1. The predicted molar refractivity (Wildman–Crippen MR) is 80.7 cm³/mol. The number of rotatable bonds is 2. The molecule has 0 atom stereocenters. The molecule has 0 amide bonds. The van der Waals surface area contributed by atoms with Gasteiger partial charge in [0.25, 0.3) is 0 Å². The lowest BCUT2D eigenvalue weighted by Crippen LogP contribution is -2.39. The number of carbonyl (C=O) groups excluding carboxylic acids is 1. The third-order valence-corrected chi connectivity index (χ3v) is 3.70. The van der Waals surface area contributed by atoms with Crippen molar-refractivity contribution >= 4 is 23.1 Å². The molecular formula is C16H19N3O. The van der Waals surface area contributed by atoms with Crippen molar-refractivity contribution in [3.63, 3.8) is 0 Å². The van der Waals surface area contributed by atoms with Crippen LogP contribution in [0, 0.1) is 5.41 Å². The molecule has 3 rings (SSSR count). The lowest BCUT2D eigenvalue weighted by Gasteiger charge is -2.28. The van der Waals surface area contributed by atoms with Gasteiger partial charge in [0.2, 0.25) is 0 Å². The molecule has 4 heteroatoms. The standard InChI is InChI=1S/C16H19N3O/c1-16(2,3)13(20)10-14-18-12-7-5-4-6-11(12)15-17-8-9-19(14)15/h4-7H,8-10H2,1-3H3. The number of Topliss-reactive ketones (excluding diaryl/α,β-unsaturated/α-hetero) is 1. The first-order valence-electron chi connectivity index (χ1n) is 6.99. The van der Waals surface area contributed by atoms with E-state index in [4.69, 9.17) is 0 Å². The summed E-state index contributed by atoms with van der Waals surface area (Å²) in [6.07, 6.45) is 0.372.